The van der Waals surface area contributed by atoms with Gasteiger partial charge in [-0.1, -0.05) is 0 Å². The van der Waals surface area contributed by atoms with Crippen molar-refractivity contribution in [2.45, 2.75) is 0 Å². The number of nitrogens with one attached hydrogen (secondary N) is 1. The molecule has 0 unspecified atom stereocenters. The first kappa shape index (κ1) is 12.3. The molecule has 0 aliphatic heterocycles. The largest absolute Gasteiger partial charge is 0.504 e. The van der Waals surface area contributed by atoms with Gasteiger partial charge in [-0.2, -0.15) is 5.10 Å². The maximum atomic E-state index is 10.7. The molecule has 0 fully saturated rings. The standard InChI is InChI=1S/C9H12N2O4S/c1-15-9-5-7(3-4-8(9)12)6-10-11-16(2,13)14/h3-6,11-12H,1-2H3. The van der Waals surface area contributed by atoms with E-state index in [4.69, 9.17) is 4.74 Å². The van der Waals surface area contributed by atoms with Crippen LogP contribution in [0.4, 0.5) is 0 Å². The fourth-order valence-electron chi connectivity index (χ4n) is 0.971. The molecule has 0 heterocycles. The van der Waals surface area contributed by atoms with Crippen molar-refractivity contribution in [1.29, 1.82) is 0 Å². The molecule has 0 radical (unpaired) electrons. The number of phenolic OH excluding ortho intramolecular Hbond substituents is 1. The lowest BCUT2D eigenvalue weighted by Gasteiger charge is -2.03. The van der Waals surface area contributed by atoms with Gasteiger partial charge in [0.2, 0.25) is 10.0 Å². The average molecular weight is 244 g/mol. The van der Waals surface area contributed by atoms with Gasteiger partial charge in [0.1, 0.15) is 0 Å². The Kier molecular flexibility index (Phi) is 3.73. The predicted octanol–water partition coefficient (Wildman–Crippen LogP) is 0.284. The summed E-state index contributed by atoms with van der Waals surface area (Å²) in [5.74, 6) is 0.305. The Morgan fingerprint density at radius 2 is 2.19 bits per heavy atom. The summed E-state index contributed by atoms with van der Waals surface area (Å²) >= 11 is 0. The van der Waals surface area contributed by atoms with E-state index < -0.39 is 10.0 Å². The van der Waals surface area contributed by atoms with Crippen LogP contribution in [0.15, 0.2) is 23.3 Å². The van der Waals surface area contributed by atoms with Gasteiger partial charge in [0.25, 0.3) is 0 Å². The smallest absolute Gasteiger partial charge is 0.244 e. The lowest BCUT2D eigenvalue weighted by Crippen LogP contribution is -2.15. The van der Waals surface area contributed by atoms with E-state index in [1.165, 1.54) is 25.5 Å². The molecule has 0 saturated carbocycles. The lowest BCUT2D eigenvalue weighted by molar-refractivity contribution is 0.373. The molecule has 1 aromatic carbocycles. The fourth-order valence-corrected chi connectivity index (χ4v) is 1.22. The van der Waals surface area contributed by atoms with Crippen LogP contribution in [0.2, 0.25) is 0 Å². The summed E-state index contributed by atoms with van der Waals surface area (Å²) in [6.07, 6.45) is 2.31. The SMILES string of the molecule is COc1cc(C=NNS(C)(=O)=O)ccc1O. The van der Waals surface area contributed by atoms with E-state index >= 15 is 0 Å². The van der Waals surface area contributed by atoms with Gasteiger partial charge in [-0.3, -0.25) is 0 Å². The lowest BCUT2D eigenvalue weighted by atomic mass is 10.2. The maximum Gasteiger partial charge on any atom is 0.244 e. The van der Waals surface area contributed by atoms with Crippen molar-refractivity contribution in [3.63, 3.8) is 0 Å². The van der Waals surface area contributed by atoms with Gasteiger partial charge in [0.15, 0.2) is 11.5 Å². The first-order chi connectivity index (χ1) is 7.42. The van der Waals surface area contributed by atoms with Crippen molar-refractivity contribution in [2.24, 2.45) is 5.10 Å². The van der Waals surface area contributed by atoms with Crippen molar-refractivity contribution in [2.75, 3.05) is 13.4 Å². The molecule has 0 atom stereocenters. The third-order valence-corrected chi connectivity index (χ3v) is 2.07. The maximum absolute atomic E-state index is 10.7. The highest BCUT2D eigenvalue weighted by molar-refractivity contribution is 7.88. The number of aromatic hydroxyl groups is 1. The highest BCUT2D eigenvalue weighted by Crippen LogP contribution is 2.25. The van der Waals surface area contributed by atoms with Gasteiger partial charge in [-0.25, -0.2) is 13.2 Å². The second kappa shape index (κ2) is 4.84. The first-order valence-electron chi connectivity index (χ1n) is 4.29. The summed E-state index contributed by atoms with van der Waals surface area (Å²) < 4.78 is 26.3. The van der Waals surface area contributed by atoms with Crippen LogP contribution in [0.5, 0.6) is 11.5 Å². The molecule has 6 nitrogen and oxygen atoms in total. The van der Waals surface area contributed by atoms with Gasteiger partial charge in [0, 0.05) is 0 Å². The van der Waals surface area contributed by atoms with Gasteiger partial charge in [-0.15, -0.1) is 0 Å². The van der Waals surface area contributed by atoms with Crippen molar-refractivity contribution >= 4 is 16.2 Å². The number of ether oxygens (including phenoxy) is 1. The molecule has 0 aromatic heterocycles. The van der Waals surface area contributed by atoms with Crippen molar-refractivity contribution in [3.05, 3.63) is 23.8 Å². The van der Waals surface area contributed by atoms with E-state index in [-0.39, 0.29) is 5.75 Å². The molecule has 16 heavy (non-hydrogen) atoms. The Morgan fingerprint density at radius 1 is 1.50 bits per heavy atom. The van der Waals surface area contributed by atoms with Crippen LogP contribution in [0.3, 0.4) is 0 Å². The molecule has 1 aromatic rings. The van der Waals surface area contributed by atoms with Gasteiger partial charge in [-0.05, 0) is 23.8 Å². The number of hydrogen-bond acceptors (Lipinski definition) is 5. The summed E-state index contributed by atoms with van der Waals surface area (Å²) in [5, 5.41) is 12.8. The van der Waals surface area contributed by atoms with Crippen LogP contribution in [-0.4, -0.2) is 33.1 Å². The summed E-state index contributed by atoms with van der Waals surface area (Å²) in [5.41, 5.74) is 0.603. The van der Waals surface area contributed by atoms with E-state index in [1.54, 1.807) is 6.07 Å². The topological polar surface area (TPSA) is 88.0 Å². The molecule has 0 aliphatic rings. The number of hydrazone groups is 1. The van der Waals surface area contributed by atoms with Crippen molar-refractivity contribution in [3.8, 4) is 11.5 Å². The zero-order valence-electron chi connectivity index (χ0n) is 8.84. The summed E-state index contributed by atoms with van der Waals surface area (Å²) in [6, 6.07) is 4.54. The Balaban J connectivity index is 2.82. The number of sulfonamides is 1. The quantitative estimate of drug-likeness (QED) is 0.588. The fraction of sp³-hybridized carbons (Fsp3) is 0.222. The molecule has 88 valence electrons. The van der Waals surface area contributed by atoms with E-state index in [0.29, 0.717) is 11.3 Å². The van der Waals surface area contributed by atoms with Crippen LogP contribution < -0.4 is 9.57 Å². The van der Waals surface area contributed by atoms with E-state index in [1.807, 2.05) is 4.83 Å². The second-order valence-electron chi connectivity index (χ2n) is 3.05. The molecule has 2 N–H and O–H groups in total. The van der Waals surface area contributed by atoms with Gasteiger partial charge < -0.3 is 9.84 Å². The monoisotopic (exact) mass is 244 g/mol. The summed E-state index contributed by atoms with van der Waals surface area (Å²) in [6.45, 7) is 0. The number of phenols is 1. The van der Waals surface area contributed by atoms with Crippen molar-refractivity contribution in [1.82, 2.24) is 4.83 Å². The van der Waals surface area contributed by atoms with E-state index in [0.717, 1.165) is 6.26 Å². The molecule has 7 heteroatoms. The van der Waals surface area contributed by atoms with Crippen LogP contribution in [0.1, 0.15) is 5.56 Å². The van der Waals surface area contributed by atoms with E-state index in [2.05, 4.69) is 5.10 Å². The van der Waals surface area contributed by atoms with Gasteiger partial charge >= 0.3 is 0 Å². The van der Waals surface area contributed by atoms with Gasteiger partial charge in [0.05, 0.1) is 19.6 Å². The number of rotatable bonds is 4. The molecular formula is C9H12N2O4S. The molecule has 0 aliphatic carbocycles. The minimum atomic E-state index is -3.35. The summed E-state index contributed by atoms with van der Waals surface area (Å²) in [7, 11) is -1.93. The molecule has 1 rings (SSSR count). The Hall–Kier alpha value is -1.76. The Labute approximate surface area is 93.6 Å². The average Bonchev–Trinajstić information content (AvgIpc) is 2.18. The molecule has 0 bridgehead atoms. The predicted molar refractivity (Wildman–Crippen MR) is 60.2 cm³/mol. The number of nitrogens with zero attached hydrogens (tertiary/aromatic N) is 1. The van der Waals surface area contributed by atoms with Crippen LogP contribution in [0.25, 0.3) is 0 Å². The summed E-state index contributed by atoms with van der Waals surface area (Å²) in [4.78, 5) is 1.96. The highest BCUT2D eigenvalue weighted by Gasteiger charge is 2.01. The molecular weight excluding hydrogens is 232 g/mol. The minimum Gasteiger partial charge on any atom is -0.504 e. The number of benzene rings is 1. The first-order valence-corrected chi connectivity index (χ1v) is 6.18. The zero-order valence-corrected chi connectivity index (χ0v) is 9.65. The molecule has 0 amide bonds. The van der Waals surface area contributed by atoms with Crippen molar-refractivity contribution < 1.29 is 18.3 Å². The Morgan fingerprint density at radius 3 is 2.75 bits per heavy atom. The second-order valence-corrected chi connectivity index (χ2v) is 4.78. The highest BCUT2D eigenvalue weighted by atomic mass is 32.2. The minimum absolute atomic E-state index is 0.00993. The normalized spacial score (nSPS) is 11.6. The van der Waals surface area contributed by atoms with Crippen LogP contribution in [0, 0.1) is 0 Å². The van der Waals surface area contributed by atoms with E-state index in [9.17, 15) is 13.5 Å². The third kappa shape index (κ3) is 3.77. The number of hydrogen-bond donors (Lipinski definition) is 2. The number of methoxy groups -OCH3 is 1. The van der Waals surface area contributed by atoms with Crippen LogP contribution >= 0.6 is 0 Å². The van der Waals surface area contributed by atoms with Crippen LogP contribution in [-0.2, 0) is 10.0 Å². The third-order valence-electron chi connectivity index (χ3n) is 1.64. The molecule has 0 saturated heterocycles. The molecule has 0 spiro atoms. The Bertz CT molecular complexity index is 496. The zero-order chi connectivity index (χ0) is 12.2.